The third kappa shape index (κ3) is 3.35. The first-order valence-corrected chi connectivity index (χ1v) is 8.85. The monoisotopic (exact) mass is 415 g/mol. The molecule has 0 fully saturated rings. The molecular formula is C19H18BrN3O3. The molecule has 1 amide bonds. The fourth-order valence-corrected chi connectivity index (χ4v) is 3.27. The Hall–Kier alpha value is -2.67. The molecule has 26 heavy (non-hydrogen) atoms. The van der Waals surface area contributed by atoms with Gasteiger partial charge in [0, 0.05) is 12.6 Å². The van der Waals surface area contributed by atoms with Crippen LogP contribution in [0.15, 0.2) is 51.1 Å². The van der Waals surface area contributed by atoms with Gasteiger partial charge in [0.15, 0.2) is 17.2 Å². The van der Waals surface area contributed by atoms with Crippen molar-refractivity contribution in [1.82, 2.24) is 0 Å². The van der Waals surface area contributed by atoms with Crippen molar-refractivity contribution in [3.63, 3.8) is 0 Å². The van der Waals surface area contributed by atoms with Gasteiger partial charge in [0.1, 0.15) is 0 Å². The number of hydrogen-bond acceptors (Lipinski definition) is 5. The summed E-state index contributed by atoms with van der Waals surface area (Å²) in [7, 11) is 3.30. The van der Waals surface area contributed by atoms with Gasteiger partial charge in [-0.05, 0) is 46.6 Å². The second kappa shape index (κ2) is 7.70. The van der Waals surface area contributed by atoms with E-state index in [1.54, 1.807) is 31.3 Å². The zero-order valence-corrected chi connectivity index (χ0v) is 16.3. The Morgan fingerprint density at radius 3 is 2.77 bits per heavy atom. The van der Waals surface area contributed by atoms with Crippen LogP contribution in [0.3, 0.4) is 0 Å². The van der Waals surface area contributed by atoms with Crippen molar-refractivity contribution in [3.8, 4) is 11.5 Å². The molecule has 0 saturated carbocycles. The van der Waals surface area contributed by atoms with Crippen molar-refractivity contribution >= 4 is 39.5 Å². The van der Waals surface area contributed by atoms with Crippen LogP contribution in [0.25, 0.3) is 0 Å². The fraction of sp³-hybridized carbons (Fsp3) is 0.211. The van der Waals surface area contributed by atoms with E-state index in [9.17, 15) is 4.79 Å². The minimum atomic E-state index is -0.172. The molecular weight excluding hydrogens is 398 g/mol. The Morgan fingerprint density at radius 1 is 1.27 bits per heavy atom. The Labute approximate surface area is 160 Å². The smallest absolute Gasteiger partial charge is 0.279 e. The molecule has 6 nitrogen and oxygen atoms in total. The fourth-order valence-electron chi connectivity index (χ4n) is 2.70. The first kappa shape index (κ1) is 18.1. The topological polar surface area (TPSA) is 63.5 Å². The van der Waals surface area contributed by atoms with Crippen LogP contribution in [-0.2, 0) is 4.79 Å². The predicted molar refractivity (Wildman–Crippen MR) is 106 cm³/mol. The van der Waals surface area contributed by atoms with E-state index in [1.165, 1.54) is 0 Å². The molecule has 0 bridgehead atoms. The maximum atomic E-state index is 12.4. The average molecular weight is 416 g/mol. The highest BCUT2D eigenvalue weighted by molar-refractivity contribution is 9.10. The number of halogens is 1. The van der Waals surface area contributed by atoms with Gasteiger partial charge < -0.3 is 14.4 Å². The number of hydrogen-bond donors (Lipinski definition) is 0. The van der Waals surface area contributed by atoms with Crippen LogP contribution in [0.1, 0.15) is 18.1 Å². The largest absolute Gasteiger partial charge is 0.493 e. The summed E-state index contributed by atoms with van der Waals surface area (Å²) in [6, 6.07) is 11.2. The summed E-state index contributed by atoms with van der Waals surface area (Å²) in [6.45, 7) is 2.44. The van der Waals surface area contributed by atoms with Crippen molar-refractivity contribution in [2.75, 3.05) is 25.7 Å². The highest BCUT2D eigenvalue weighted by Crippen LogP contribution is 2.36. The number of nitrogens with zero attached hydrogens (tertiary/aromatic N) is 3. The summed E-state index contributed by atoms with van der Waals surface area (Å²) in [4.78, 5) is 13.9. The van der Waals surface area contributed by atoms with Gasteiger partial charge in [-0.15, -0.1) is 5.10 Å². The molecule has 2 aromatic carbocycles. The van der Waals surface area contributed by atoms with Gasteiger partial charge in [-0.2, -0.15) is 5.10 Å². The maximum absolute atomic E-state index is 12.4. The van der Waals surface area contributed by atoms with Crippen LogP contribution in [0.4, 0.5) is 5.69 Å². The zero-order valence-electron chi connectivity index (χ0n) is 14.7. The molecule has 1 heterocycles. The number of ether oxygens (including phenoxy) is 2. The number of para-hydroxylation sites is 1. The summed E-state index contributed by atoms with van der Waals surface area (Å²) in [6.07, 6.45) is 1.57. The Bertz CT molecular complexity index is 909. The van der Waals surface area contributed by atoms with Crippen LogP contribution in [0.5, 0.6) is 11.5 Å². The van der Waals surface area contributed by atoms with E-state index in [1.807, 2.05) is 37.3 Å². The Balaban J connectivity index is 1.90. The molecule has 0 unspecified atom stereocenters. The number of rotatable bonds is 5. The van der Waals surface area contributed by atoms with E-state index in [0.717, 1.165) is 21.3 Å². The molecule has 3 rings (SSSR count). The van der Waals surface area contributed by atoms with Gasteiger partial charge in [0.05, 0.1) is 30.1 Å². The molecule has 1 aliphatic heterocycles. The number of amides is 1. The first-order valence-electron chi connectivity index (χ1n) is 8.05. The van der Waals surface area contributed by atoms with Gasteiger partial charge in [0.25, 0.3) is 5.91 Å². The van der Waals surface area contributed by atoms with Crippen molar-refractivity contribution in [1.29, 1.82) is 0 Å². The lowest BCUT2D eigenvalue weighted by Crippen LogP contribution is -2.25. The lowest BCUT2D eigenvalue weighted by molar-refractivity contribution is -0.111. The SMILES string of the molecule is CCOc1c(Br)cc(/C=N\N=C2/C(=O)N(C)c3ccccc32)cc1OC. The summed E-state index contributed by atoms with van der Waals surface area (Å²) in [5.41, 5.74) is 2.71. The van der Waals surface area contributed by atoms with Crippen LogP contribution in [0.2, 0.25) is 0 Å². The third-order valence-corrected chi connectivity index (χ3v) is 4.52. The van der Waals surface area contributed by atoms with Crippen LogP contribution < -0.4 is 14.4 Å². The standard InChI is InChI=1S/C19H18BrN3O3/c1-4-26-18-14(20)9-12(10-16(18)25-3)11-21-22-17-13-7-5-6-8-15(13)23(2)19(17)24/h5-11H,4H2,1-3H3/b21-11-,22-17-. The number of methoxy groups -OCH3 is 1. The lowest BCUT2D eigenvalue weighted by Gasteiger charge is -2.11. The highest BCUT2D eigenvalue weighted by atomic mass is 79.9. The van der Waals surface area contributed by atoms with Gasteiger partial charge in [-0.3, -0.25) is 4.79 Å². The van der Waals surface area contributed by atoms with Crippen molar-refractivity contribution < 1.29 is 14.3 Å². The maximum Gasteiger partial charge on any atom is 0.279 e. The van der Waals surface area contributed by atoms with Gasteiger partial charge >= 0.3 is 0 Å². The van der Waals surface area contributed by atoms with Gasteiger partial charge in [-0.1, -0.05) is 18.2 Å². The molecule has 2 aromatic rings. The van der Waals surface area contributed by atoms with Crippen LogP contribution in [-0.4, -0.2) is 38.6 Å². The Morgan fingerprint density at radius 2 is 2.04 bits per heavy atom. The summed E-state index contributed by atoms with van der Waals surface area (Å²) >= 11 is 3.47. The van der Waals surface area contributed by atoms with E-state index in [-0.39, 0.29) is 5.91 Å². The number of likely N-dealkylation sites (N-methyl/N-ethyl adjacent to an activating group) is 1. The second-order valence-electron chi connectivity index (χ2n) is 5.54. The number of carbonyl (C=O) groups excluding carboxylic acids is 1. The zero-order chi connectivity index (χ0) is 18.7. The van der Waals surface area contributed by atoms with E-state index in [4.69, 9.17) is 9.47 Å². The highest BCUT2D eigenvalue weighted by Gasteiger charge is 2.30. The Kier molecular flexibility index (Phi) is 5.37. The molecule has 0 N–H and O–H groups in total. The number of carbonyl (C=O) groups is 1. The van der Waals surface area contributed by atoms with Crippen LogP contribution in [0, 0.1) is 0 Å². The first-order chi connectivity index (χ1) is 12.6. The van der Waals surface area contributed by atoms with Gasteiger partial charge in [-0.25, -0.2) is 0 Å². The molecule has 0 aromatic heterocycles. The second-order valence-corrected chi connectivity index (χ2v) is 6.40. The summed E-state index contributed by atoms with van der Waals surface area (Å²) < 4.78 is 11.7. The summed E-state index contributed by atoms with van der Waals surface area (Å²) in [5, 5.41) is 8.24. The van der Waals surface area contributed by atoms with Crippen molar-refractivity contribution in [3.05, 3.63) is 52.0 Å². The van der Waals surface area contributed by atoms with Crippen molar-refractivity contribution in [2.45, 2.75) is 6.92 Å². The molecule has 1 aliphatic rings. The van der Waals surface area contributed by atoms with Crippen LogP contribution >= 0.6 is 15.9 Å². The van der Waals surface area contributed by atoms with E-state index in [0.29, 0.717) is 23.8 Å². The molecule has 0 radical (unpaired) electrons. The summed E-state index contributed by atoms with van der Waals surface area (Å²) in [5.74, 6) is 1.06. The molecule has 7 heteroatoms. The lowest BCUT2D eigenvalue weighted by atomic mass is 10.1. The minimum absolute atomic E-state index is 0.172. The van der Waals surface area contributed by atoms with Crippen molar-refractivity contribution in [2.24, 2.45) is 10.2 Å². The number of fused-ring (bicyclic) bond motifs is 1. The molecule has 0 atom stereocenters. The van der Waals surface area contributed by atoms with E-state index in [2.05, 4.69) is 26.1 Å². The molecule has 0 saturated heterocycles. The third-order valence-electron chi connectivity index (χ3n) is 3.93. The average Bonchev–Trinajstić information content (AvgIpc) is 2.89. The van der Waals surface area contributed by atoms with Gasteiger partial charge in [0.2, 0.25) is 0 Å². The van der Waals surface area contributed by atoms with E-state index < -0.39 is 0 Å². The minimum Gasteiger partial charge on any atom is -0.493 e. The quantitative estimate of drug-likeness (QED) is 0.552. The molecule has 134 valence electrons. The molecule has 0 aliphatic carbocycles. The number of anilines is 1. The predicted octanol–water partition coefficient (Wildman–Crippen LogP) is 3.66. The normalized spacial score (nSPS) is 15.0. The number of benzene rings is 2. The molecule has 0 spiro atoms. The van der Waals surface area contributed by atoms with E-state index >= 15 is 0 Å².